The van der Waals surface area contributed by atoms with E-state index in [4.69, 9.17) is 10.5 Å². The van der Waals surface area contributed by atoms with E-state index in [-0.39, 0.29) is 41.9 Å². The first-order valence-corrected chi connectivity index (χ1v) is 10.9. The first-order chi connectivity index (χ1) is 14.3. The van der Waals surface area contributed by atoms with E-state index in [2.05, 4.69) is 17.4 Å². The van der Waals surface area contributed by atoms with Crippen LogP contribution in [0.5, 0.6) is 5.75 Å². The van der Waals surface area contributed by atoms with Crippen LogP contribution in [0.3, 0.4) is 0 Å². The summed E-state index contributed by atoms with van der Waals surface area (Å²) < 4.78 is 18.2. The molecule has 30 heavy (non-hydrogen) atoms. The van der Waals surface area contributed by atoms with Gasteiger partial charge in [-0.25, -0.2) is 4.39 Å². The van der Waals surface area contributed by atoms with Crippen LogP contribution in [0.4, 0.5) is 4.39 Å². The number of rotatable bonds is 9. The fraction of sp³-hybridized carbons (Fsp3) is 0.625. The predicted molar refractivity (Wildman–Crippen MR) is 116 cm³/mol. The van der Waals surface area contributed by atoms with Crippen LogP contribution < -0.4 is 15.8 Å². The number of aliphatic hydroxyl groups excluding tert-OH is 1. The first-order valence-electron chi connectivity index (χ1n) is 10.9. The summed E-state index contributed by atoms with van der Waals surface area (Å²) in [6, 6.07) is 8.10. The van der Waals surface area contributed by atoms with Crippen LogP contribution in [0.2, 0.25) is 0 Å². The number of aliphatic hydroxyl groups is 1. The molecular formula is C24H35FN2O3. The third-order valence-electron chi connectivity index (χ3n) is 7.19. The van der Waals surface area contributed by atoms with Gasteiger partial charge in [0.05, 0.1) is 6.33 Å². The molecule has 4 rings (SSSR count). The lowest BCUT2D eigenvalue weighted by atomic mass is 9.51. The molecule has 0 radical (unpaired) electrons. The van der Waals surface area contributed by atoms with Gasteiger partial charge in [-0.2, -0.15) is 0 Å². The zero-order valence-corrected chi connectivity index (χ0v) is 18.2. The minimum absolute atomic E-state index is 0.0563. The highest BCUT2D eigenvalue weighted by atomic mass is 19.1. The van der Waals surface area contributed by atoms with E-state index >= 15 is 0 Å². The van der Waals surface area contributed by atoms with E-state index in [1.165, 1.54) is 5.56 Å². The number of amides is 1. The molecule has 0 aromatic heterocycles. The molecule has 3 aliphatic carbocycles. The van der Waals surface area contributed by atoms with Crippen LogP contribution in [-0.4, -0.2) is 37.3 Å². The van der Waals surface area contributed by atoms with Crippen molar-refractivity contribution in [1.29, 1.82) is 0 Å². The maximum Gasteiger partial charge on any atom is 0.226 e. The van der Waals surface area contributed by atoms with Crippen LogP contribution in [0.1, 0.15) is 57.9 Å². The molecule has 2 bridgehead atoms. The summed E-state index contributed by atoms with van der Waals surface area (Å²) in [7, 11) is 0. The van der Waals surface area contributed by atoms with Crippen LogP contribution in [-0.2, 0) is 10.2 Å². The average Bonchev–Trinajstić information content (AvgIpc) is 2.79. The van der Waals surface area contributed by atoms with Crippen LogP contribution in [0.15, 0.2) is 36.2 Å². The number of hydrogen-bond donors (Lipinski definition) is 3. The molecule has 1 aromatic carbocycles. The van der Waals surface area contributed by atoms with Gasteiger partial charge in [0.2, 0.25) is 5.91 Å². The minimum Gasteiger partial charge on any atom is -0.489 e. The number of nitrogens with two attached hydrogens (primary N) is 1. The molecule has 0 spiro atoms. The molecule has 4 N–H and O–H groups in total. The van der Waals surface area contributed by atoms with E-state index < -0.39 is 0 Å². The third kappa shape index (κ3) is 4.70. The fourth-order valence-electron chi connectivity index (χ4n) is 4.74. The van der Waals surface area contributed by atoms with Crippen molar-refractivity contribution >= 4 is 5.91 Å². The van der Waals surface area contributed by atoms with Crippen LogP contribution in [0.25, 0.3) is 0 Å². The molecule has 6 heteroatoms. The van der Waals surface area contributed by atoms with E-state index in [0.717, 1.165) is 38.5 Å². The summed E-state index contributed by atoms with van der Waals surface area (Å²) in [5, 5.41) is 12.5. The van der Waals surface area contributed by atoms with Crippen molar-refractivity contribution in [3.63, 3.8) is 0 Å². The van der Waals surface area contributed by atoms with Crippen molar-refractivity contribution in [3.05, 3.63) is 41.7 Å². The Morgan fingerprint density at radius 1 is 1.20 bits per heavy atom. The lowest BCUT2D eigenvalue weighted by Gasteiger charge is -2.53. The number of nitrogens with one attached hydrogen (secondary N) is 1. The zero-order valence-electron chi connectivity index (χ0n) is 18.2. The Kier molecular flexibility index (Phi) is 6.88. The van der Waals surface area contributed by atoms with Gasteiger partial charge < -0.3 is 20.9 Å². The summed E-state index contributed by atoms with van der Waals surface area (Å²) in [5.74, 6) is 0.854. The first kappa shape index (κ1) is 22.8. The molecule has 3 aliphatic rings. The quantitative estimate of drug-likeness (QED) is 0.572. The van der Waals surface area contributed by atoms with Gasteiger partial charge in [0.25, 0.3) is 0 Å². The summed E-state index contributed by atoms with van der Waals surface area (Å²) in [6.45, 7) is 4.76. The maximum atomic E-state index is 13.0. The molecule has 1 amide bonds. The number of fused-ring (bicyclic) bond motifs is 3. The normalized spacial score (nSPS) is 26.5. The molecule has 0 saturated heterocycles. The standard InChI is InChI=1S/C24H35FN2O3/c1-22(2,17-28)16-27-21(29)24-10-7-23(8-11-24,9-12-24)19-3-5-20(6-4-19)30-15-18(13-25)14-26/h3-6,13,28H,7-12,14-17,26H2,1-2H3,(H,27,29). The Morgan fingerprint density at radius 2 is 1.80 bits per heavy atom. The Balaban J connectivity index is 1.60. The molecular weight excluding hydrogens is 383 g/mol. The largest absolute Gasteiger partial charge is 0.489 e. The van der Waals surface area contributed by atoms with Gasteiger partial charge in [-0.15, -0.1) is 0 Å². The second-order valence-electron chi connectivity index (χ2n) is 9.85. The Bertz CT molecular complexity index is 749. The van der Waals surface area contributed by atoms with Gasteiger partial charge >= 0.3 is 0 Å². The van der Waals surface area contributed by atoms with Crippen molar-refractivity contribution in [1.82, 2.24) is 5.32 Å². The Labute approximate surface area is 178 Å². The van der Waals surface area contributed by atoms with Crippen molar-refractivity contribution in [3.8, 4) is 5.75 Å². The van der Waals surface area contributed by atoms with Gasteiger partial charge in [0.15, 0.2) is 0 Å². The van der Waals surface area contributed by atoms with Crippen molar-refractivity contribution < 1.29 is 19.0 Å². The number of halogens is 1. The Morgan fingerprint density at radius 3 is 2.30 bits per heavy atom. The summed E-state index contributed by atoms with van der Waals surface area (Å²) >= 11 is 0. The van der Waals surface area contributed by atoms with Crippen LogP contribution in [0, 0.1) is 10.8 Å². The summed E-state index contributed by atoms with van der Waals surface area (Å²) in [5.41, 5.74) is 6.76. The zero-order chi connectivity index (χ0) is 21.8. The second-order valence-corrected chi connectivity index (χ2v) is 9.85. The van der Waals surface area contributed by atoms with Crippen molar-refractivity contribution in [2.45, 2.75) is 57.8 Å². The SMILES string of the molecule is CC(C)(CO)CNC(=O)C12CCC(c3ccc(OCC(=CF)CN)cc3)(CC1)CC2. The number of carbonyl (C=O) groups is 1. The predicted octanol–water partition coefficient (Wildman–Crippen LogP) is 3.60. The molecule has 1 aromatic rings. The number of hydrogen-bond acceptors (Lipinski definition) is 4. The smallest absolute Gasteiger partial charge is 0.226 e. The van der Waals surface area contributed by atoms with Crippen LogP contribution >= 0.6 is 0 Å². The van der Waals surface area contributed by atoms with Gasteiger partial charge in [0.1, 0.15) is 12.4 Å². The monoisotopic (exact) mass is 418 g/mol. The molecule has 5 nitrogen and oxygen atoms in total. The van der Waals surface area contributed by atoms with Gasteiger partial charge in [-0.05, 0) is 61.6 Å². The molecule has 3 fully saturated rings. The molecule has 3 saturated carbocycles. The van der Waals surface area contributed by atoms with Crippen molar-refractivity contribution in [2.24, 2.45) is 16.6 Å². The fourth-order valence-corrected chi connectivity index (χ4v) is 4.74. The highest BCUT2D eigenvalue weighted by Crippen LogP contribution is 2.58. The third-order valence-corrected chi connectivity index (χ3v) is 7.19. The average molecular weight is 419 g/mol. The highest BCUT2D eigenvalue weighted by molar-refractivity contribution is 5.83. The number of benzene rings is 1. The van der Waals surface area contributed by atoms with E-state index in [1.807, 2.05) is 26.0 Å². The van der Waals surface area contributed by atoms with E-state index in [0.29, 0.717) is 24.2 Å². The van der Waals surface area contributed by atoms with E-state index in [1.54, 1.807) is 0 Å². The summed E-state index contributed by atoms with van der Waals surface area (Å²) in [4.78, 5) is 13.0. The Hall–Kier alpha value is -1.92. The summed E-state index contributed by atoms with van der Waals surface area (Å²) in [6.07, 6.45) is 6.22. The number of ether oxygens (including phenoxy) is 1. The highest BCUT2D eigenvalue weighted by Gasteiger charge is 2.52. The van der Waals surface area contributed by atoms with Gasteiger partial charge in [-0.3, -0.25) is 4.79 Å². The topological polar surface area (TPSA) is 84.6 Å². The molecule has 0 unspecified atom stereocenters. The van der Waals surface area contributed by atoms with Gasteiger partial charge in [-0.1, -0.05) is 26.0 Å². The van der Waals surface area contributed by atoms with Crippen molar-refractivity contribution in [2.75, 3.05) is 26.3 Å². The number of carbonyl (C=O) groups excluding carboxylic acids is 1. The minimum atomic E-state index is -0.298. The second kappa shape index (κ2) is 9.06. The lowest BCUT2D eigenvalue weighted by molar-refractivity contribution is -0.138. The van der Waals surface area contributed by atoms with E-state index in [9.17, 15) is 14.3 Å². The molecule has 166 valence electrons. The lowest BCUT2D eigenvalue weighted by Crippen LogP contribution is -2.53. The molecule has 0 atom stereocenters. The molecule has 0 aliphatic heterocycles. The maximum absolute atomic E-state index is 13.0. The van der Waals surface area contributed by atoms with Gasteiger partial charge in [0, 0.05) is 36.1 Å². The molecule has 0 heterocycles.